The van der Waals surface area contributed by atoms with Gasteiger partial charge in [-0.3, -0.25) is 0 Å². The van der Waals surface area contributed by atoms with Crippen LogP contribution in [0.3, 0.4) is 0 Å². The minimum Gasteiger partial charge on any atom is -0.458 e. The van der Waals surface area contributed by atoms with E-state index in [0.29, 0.717) is 34.7 Å². The number of carbonyl (C=O) groups is 1. The average Bonchev–Trinajstić information content (AvgIpc) is 3.01. The van der Waals surface area contributed by atoms with Crippen molar-refractivity contribution in [3.63, 3.8) is 0 Å². The van der Waals surface area contributed by atoms with E-state index < -0.39 is 0 Å². The van der Waals surface area contributed by atoms with E-state index in [1.165, 1.54) is 19.3 Å². The lowest BCUT2D eigenvalue weighted by Gasteiger charge is -2.43. The minimum absolute atomic E-state index is 0.0955. The summed E-state index contributed by atoms with van der Waals surface area (Å²) in [5.74, 6) is 3.75. The van der Waals surface area contributed by atoms with Crippen LogP contribution in [0.1, 0.15) is 57.3 Å². The molecule has 1 unspecified atom stereocenters. The number of fused-ring (bicyclic) bond motifs is 1. The lowest BCUT2D eigenvalue weighted by atomic mass is 9.67. The molecule has 3 aliphatic rings. The molecule has 0 spiro atoms. The van der Waals surface area contributed by atoms with Crippen LogP contribution < -0.4 is 0 Å². The Morgan fingerprint density at radius 3 is 2.58 bits per heavy atom. The zero-order valence-electron chi connectivity index (χ0n) is 15.4. The molecule has 0 saturated heterocycles. The average molecular weight is 326 g/mol. The van der Waals surface area contributed by atoms with Gasteiger partial charge in [0.2, 0.25) is 0 Å². The molecule has 0 heterocycles. The van der Waals surface area contributed by atoms with Gasteiger partial charge in [-0.1, -0.05) is 45.9 Å². The second-order valence-corrected chi connectivity index (χ2v) is 9.24. The molecule has 130 valence electrons. The van der Waals surface area contributed by atoms with E-state index in [9.17, 15) is 4.79 Å². The second kappa shape index (κ2) is 5.61. The van der Waals surface area contributed by atoms with Crippen molar-refractivity contribution in [2.24, 2.45) is 40.9 Å². The Balaban J connectivity index is 1.63. The van der Waals surface area contributed by atoms with Gasteiger partial charge in [0.25, 0.3) is 0 Å². The number of hydrogen-bond donors (Lipinski definition) is 0. The molecule has 3 fully saturated rings. The van der Waals surface area contributed by atoms with Gasteiger partial charge in [-0.25, -0.2) is 4.79 Å². The second-order valence-electron chi connectivity index (χ2n) is 9.24. The monoisotopic (exact) mass is 326 g/mol. The van der Waals surface area contributed by atoms with Crippen LogP contribution in [-0.2, 0) is 4.74 Å². The molecule has 0 radical (unpaired) electrons. The number of esters is 1. The zero-order valence-corrected chi connectivity index (χ0v) is 15.4. The van der Waals surface area contributed by atoms with E-state index in [1.807, 2.05) is 30.3 Å². The number of carbonyl (C=O) groups excluding carboxylic acids is 1. The van der Waals surface area contributed by atoms with E-state index in [4.69, 9.17) is 4.74 Å². The summed E-state index contributed by atoms with van der Waals surface area (Å²) in [5, 5.41) is 0. The van der Waals surface area contributed by atoms with Crippen molar-refractivity contribution in [2.75, 3.05) is 0 Å². The largest absolute Gasteiger partial charge is 0.458 e. The van der Waals surface area contributed by atoms with Gasteiger partial charge < -0.3 is 4.74 Å². The third-order valence-electron chi connectivity index (χ3n) is 7.59. The first-order valence-electron chi connectivity index (χ1n) is 9.67. The molecule has 2 bridgehead atoms. The molecule has 24 heavy (non-hydrogen) atoms. The molecule has 2 nitrogen and oxygen atoms in total. The van der Waals surface area contributed by atoms with E-state index >= 15 is 0 Å². The predicted molar refractivity (Wildman–Crippen MR) is 95.6 cm³/mol. The maximum absolute atomic E-state index is 12.7. The van der Waals surface area contributed by atoms with Crippen molar-refractivity contribution in [2.45, 2.75) is 53.1 Å². The molecule has 1 aromatic carbocycles. The summed E-state index contributed by atoms with van der Waals surface area (Å²) in [6.07, 6.45) is 4.10. The van der Waals surface area contributed by atoms with E-state index in [2.05, 4.69) is 27.7 Å². The number of hydrogen-bond acceptors (Lipinski definition) is 2. The SMILES string of the molecule is CC(C)[C@@H]1C[C@]2(C)C[C@H]3C[C@@H]2[C@@H]1C(OC(=O)c1ccccc1)[C@@H]3C. The topological polar surface area (TPSA) is 26.3 Å². The quantitative estimate of drug-likeness (QED) is 0.715. The van der Waals surface area contributed by atoms with Gasteiger partial charge in [0.1, 0.15) is 6.10 Å². The van der Waals surface area contributed by atoms with Gasteiger partial charge in [-0.05, 0) is 66.4 Å². The van der Waals surface area contributed by atoms with Gasteiger partial charge in [0.15, 0.2) is 0 Å². The standard InChI is InChI=1S/C22H30O2/c1-13(2)17-12-22(4)11-16-10-18(22)19(17)20(14(16)3)24-21(23)15-8-6-5-7-9-15/h5-9,13-14,16-20H,10-12H2,1-4H3/t14-,16-,17+,18-,19-,20?,22+/m1/s1. The van der Waals surface area contributed by atoms with Crippen LogP contribution >= 0.6 is 0 Å². The molecular weight excluding hydrogens is 296 g/mol. The maximum atomic E-state index is 12.7. The first-order valence-corrected chi connectivity index (χ1v) is 9.67. The molecular formula is C22H30O2. The zero-order chi connectivity index (χ0) is 17.1. The highest BCUT2D eigenvalue weighted by atomic mass is 16.5. The van der Waals surface area contributed by atoms with Gasteiger partial charge >= 0.3 is 5.97 Å². The number of benzene rings is 1. The highest BCUT2D eigenvalue weighted by molar-refractivity contribution is 5.89. The van der Waals surface area contributed by atoms with Gasteiger partial charge in [0, 0.05) is 5.92 Å². The Morgan fingerprint density at radius 2 is 1.92 bits per heavy atom. The van der Waals surface area contributed by atoms with Crippen molar-refractivity contribution in [3.05, 3.63) is 35.9 Å². The maximum Gasteiger partial charge on any atom is 0.338 e. The highest BCUT2D eigenvalue weighted by Gasteiger charge is 2.64. The van der Waals surface area contributed by atoms with Crippen LogP contribution in [0.25, 0.3) is 0 Å². The fraction of sp³-hybridized carbons (Fsp3) is 0.682. The van der Waals surface area contributed by atoms with Crippen molar-refractivity contribution >= 4 is 5.97 Å². The Bertz CT molecular complexity index is 622. The molecule has 0 N–H and O–H groups in total. The van der Waals surface area contributed by atoms with Crippen LogP contribution in [0.2, 0.25) is 0 Å². The molecule has 0 aromatic heterocycles. The highest BCUT2D eigenvalue weighted by Crippen LogP contribution is 2.68. The van der Waals surface area contributed by atoms with Crippen LogP contribution in [0, 0.1) is 40.9 Å². The number of rotatable bonds is 3. The summed E-state index contributed by atoms with van der Waals surface area (Å²) in [5.41, 5.74) is 1.16. The van der Waals surface area contributed by atoms with Crippen molar-refractivity contribution in [3.8, 4) is 0 Å². The summed E-state index contributed by atoms with van der Waals surface area (Å²) in [6.45, 7) is 9.52. The lowest BCUT2D eigenvalue weighted by molar-refractivity contribution is -0.0575. The summed E-state index contributed by atoms with van der Waals surface area (Å²) < 4.78 is 6.19. The minimum atomic E-state index is -0.134. The molecule has 4 rings (SSSR count). The molecule has 3 aliphatic carbocycles. The first-order chi connectivity index (χ1) is 11.4. The summed E-state index contributed by atoms with van der Waals surface area (Å²) in [7, 11) is 0. The molecule has 1 aromatic rings. The lowest BCUT2D eigenvalue weighted by Crippen LogP contribution is -2.44. The fourth-order valence-electron chi connectivity index (χ4n) is 6.40. The Morgan fingerprint density at radius 1 is 1.21 bits per heavy atom. The summed E-state index contributed by atoms with van der Waals surface area (Å²) in [6, 6.07) is 9.49. The van der Waals surface area contributed by atoms with Crippen LogP contribution in [0.15, 0.2) is 30.3 Å². The van der Waals surface area contributed by atoms with Crippen LogP contribution in [0.5, 0.6) is 0 Å². The Hall–Kier alpha value is -1.31. The van der Waals surface area contributed by atoms with Gasteiger partial charge in [0.05, 0.1) is 5.56 Å². The fourth-order valence-corrected chi connectivity index (χ4v) is 6.40. The predicted octanol–water partition coefficient (Wildman–Crippen LogP) is 5.19. The smallest absolute Gasteiger partial charge is 0.338 e. The molecule has 3 saturated carbocycles. The molecule has 0 aliphatic heterocycles. The van der Waals surface area contributed by atoms with Gasteiger partial charge in [-0.2, -0.15) is 0 Å². The van der Waals surface area contributed by atoms with E-state index in [1.54, 1.807) is 0 Å². The van der Waals surface area contributed by atoms with E-state index in [0.717, 1.165) is 11.8 Å². The third kappa shape index (κ3) is 2.33. The summed E-state index contributed by atoms with van der Waals surface area (Å²) >= 11 is 0. The van der Waals surface area contributed by atoms with Crippen molar-refractivity contribution in [1.29, 1.82) is 0 Å². The molecule has 2 heteroatoms. The third-order valence-corrected chi connectivity index (χ3v) is 7.59. The Kier molecular flexibility index (Phi) is 3.78. The van der Waals surface area contributed by atoms with Crippen molar-refractivity contribution < 1.29 is 9.53 Å². The number of ether oxygens (including phenoxy) is 1. The first kappa shape index (κ1) is 16.2. The summed E-state index contributed by atoms with van der Waals surface area (Å²) in [4.78, 5) is 12.7. The van der Waals surface area contributed by atoms with Gasteiger partial charge in [-0.15, -0.1) is 0 Å². The Labute approximate surface area is 146 Å². The van der Waals surface area contributed by atoms with Crippen molar-refractivity contribution in [1.82, 2.24) is 0 Å². The van der Waals surface area contributed by atoms with E-state index in [-0.39, 0.29) is 12.1 Å². The molecule has 0 amide bonds. The van der Waals surface area contributed by atoms with Crippen LogP contribution in [0.4, 0.5) is 0 Å². The van der Waals surface area contributed by atoms with Crippen LogP contribution in [-0.4, -0.2) is 12.1 Å². The normalized spacial score (nSPS) is 43.2. The molecule has 7 atom stereocenters.